The summed E-state index contributed by atoms with van der Waals surface area (Å²) in [6, 6.07) is 0. The predicted molar refractivity (Wildman–Crippen MR) is 73.0 cm³/mol. The first-order valence-corrected chi connectivity index (χ1v) is 8.32. The molecular weight excluding hydrogens is 371 g/mol. The molecule has 9 nitrogen and oxygen atoms in total. The average Bonchev–Trinajstić information content (AvgIpc) is 2.85. The van der Waals surface area contributed by atoms with Crippen molar-refractivity contribution in [2.45, 2.75) is 24.9 Å². The number of rotatable bonds is 2. The van der Waals surface area contributed by atoms with Crippen molar-refractivity contribution in [1.82, 2.24) is 9.55 Å². The van der Waals surface area contributed by atoms with E-state index < -0.39 is 37.5 Å². The monoisotopic (exact) mass is 382 g/mol. The number of aromatic nitrogens is 2. The van der Waals surface area contributed by atoms with E-state index in [9.17, 15) is 14.2 Å². The molecule has 0 spiro atoms. The fourth-order valence-corrected chi connectivity index (χ4v) is 3.72. The van der Waals surface area contributed by atoms with Crippen LogP contribution >= 0.6 is 23.8 Å². The number of nitrogens with zero attached hydrogens (tertiary/aromatic N) is 1. The number of hydrogen-bond donors (Lipinski definition) is 1. The van der Waals surface area contributed by atoms with Gasteiger partial charge in [0.05, 0.1) is 11.1 Å². The van der Waals surface area contributed by atoms with E-state index in [4.69, 9.17) is 18.3 Å². The van der Waals surface area contributed by atoms with Crippen molar-refractivity contribution in [3.8, 4) is 0 Å². The Bertz CT molecular complexity index is 716. The number of phosphoric ester groups is 1. The number of hydrogen-bond acceptors (Lipinski definition) is 7. The third kappa shape index (κ3) is 2.79. The summed E-state index contributed by atoms with van der Waals surface area (Å²) in [7, 11) is -2.31. The first kappa shape index (κ1) is 15.1. The molecule has 0 aromatic carbocycles. The molecule has 2 fully saturated rings. The molecule has 116 valence electrons. The molecule has 2 aliphatic rings. The Morgan fingerprint density at radius 3 is 2.95 bits per heavy atom. The smallest absolute Gasteiger partial charge is 0.349 e. The van der Waals surface area contributed by atoms with E-state index in [1.54, 1.807) is 0 Å². The van der Waals surface area contributed by atoms with Crippen LogP contribution in [-0.2, 0) is 22.9 Å². The largest absolute Gasteiger partial charge is 0.474 e. The minimum absolute atomic E-state index is 0.0472. The minimum Gasteiger partial charge on any atom is -0.349 e. The molecule has 1 aromatic rings. The lowest BCUT2D eigenvalue weighted by Gasteiger charge is -2.28. The van der Waals surface area contributed by atoms with Gasteiger partial charge in [0.2, 0.25) is 0 Å². The highest BCUT2D eigenvalue weighted by Crippen LogP contribution is 2.55. The highest BCUT2D eigenvalue weighted by atomic mass is 79.9. The summed E-state index contributed by atoms with van der Waals surface area (Å²) in [6.45, 7) is 0.0472. The van der Waals surface area contributed by atoms with Crippen LogP contribution in [0.2, 0.25) is 0 Å². The molecule has 2 aliphatic heterocycles. The summed E-state index contributed by atoms with van der Waals surface area (Å²) in [5.41, 5.74) is -1.11. The number of aromatic amines is 1. The van der Waals surface area contributed by atoms with Crippen LogP contribution in [0.5, 0.6) is 0 Å². The molecule has 3 unspecified atom stereocenters. The SMILES string of the molecule is COP1(=O)OCC2O[C@@H](n3cc(Br)c(=O)[nH]c3=O)CC2O1. The topological polar surface area (TPSA) is 109 Å². The molecule has 21 heavy (non-hydrogen) atoms. The molecule has 2 saturated heterocycles. The molecule has 11 heteroatoms. The van der Waals surface area contributed by atoms with Crippen molar-refractivity contribution < 1.29 is 22.9 Å². The second-order valence-electron chi connectivity index (χ2n) is 4.58. The van der Waals surface area contributed by atoms with Gasteiger partial charge in [0.1, 0.15) is 18.4 Å². The summed E-state index contributed by atoms with van der Waals surface area (Å²) in [5.74, 6) is 0. The molecule has 0 bridgehead atoms. The van der Waals surface area contributed by atoms with Gasteiger partial charge in [0, 0.05) is 19.7 Å². The maximum Gasteiger partial charge on any atom is 0.474 e. The minimum atomic E-state index is -3.55. The van der Waals surface area contributed by atoms with Gasteiger partial charge in [0.25, 0.3) is 5.56 Å². The van der Waals surface area contributed by atoms with Crippen LogP contribution < -0.4 is 11.2 Å². The standard InChI is InChI=1S/C10H12BrN2O7P/c1-17-21(16)18-4-7-6(20-21)2-8(19-7)13-3-5(11)9(14)12-10(13)15/h3,6-8H,2,4H2,1H3,(H,12,14,15)/t6?,7?,8-,21?/m1/s1. The van der Waals surface area contributed by atoms with Crippen LogP contribution in [-0.4, -0.2) is 35.5 Å². The number of phosphoric acid groups is 1. The van der Waals surface area contributed by atoms with Crippen molar-refractivity contribution in [2.75, 3.05) is 13.7 Å². The van der Waals surface area contributed by atoms with Gasteiger partial charge in [-0.1, -0.05) is 0 Å². The number of halogens is 1. The van der Waals surface area contributed by atoms with Crippen LogP contribution in [0.3, 0.4) is 0 Å². The molecule has 1 N–H and O–H groups in total. The van der Waals surface area contributed by atoms with E-state index in [0.29, 0.717) is 6.42 Å². The van der Waals surface area contributed by atoms with Crippen LogP contribution in [0.15, 0.2) is 20.3 Å². The Morgan fingerprint density at radius 1 is 1.48 bits per heavy atom. The third-order valence-corrected chi connectivity index (χ3v) is 5.31. The summed E-state index contributed by atoms with van der Waals surface area (Å²) in [4.78, 5) is 25.3. The van der Waals surface area contributed by atoms with Gasteiger partial charge in [-0.3, -0.25) is 27.9 Å². The number of fused-ring (bicyclic) bond motifs is 1. The van der Waals surface area contributed by atoms with Crippen LogP contribution in [0.4, 0.5) is 0 Å². The lowest BCUT2D eigenvalue weighted by Crippen LogP contribution is -2.33. The first-order valence-electron chi connectivity index (χ1n) is 6.07. The zero-order valence-corrected chi connectivity index (χ0v) is 13.3. The van der Waals surface area contributed by atoms with Gasteiger partial charge in [-0.25, -0.2) is 9.36 Å². The van der Waals surface area contributed by atoms with Crippen LogP contribution in [0.25, 0.3) is 0 Å². The average molecular weight is 383 g/mol. The molecule has 0 radical (unpaired) electrons. The van der Waals surface area contributed by atoms with E-state index in [-0.39, 0.29) is 11.1 Å². The summed E-state index contributed by atoms with van der Waals surface area (Å²) < 4.78 is 34.0. The van der Waals surface area contributed by atoms with Crippen LogP contribution in [0.1, 0.15) is 12.6 Å². The van der Waals surface area contributed by atoms with Gasteiger partial charge in [-0.2, -0.15) is 0 Å². The Kier molecular flexibility index (Phi) is 3.93. The molecule has 4 atom stereocenters. The van der Waals surface area contributed by atoms with Crippen molar-refractivity contribution in [1.29, 1.82) is 0 Å². The predicted octanol–water partition coefficient (Wildman–Crippen LogP) is 0.756. The van der Waals surface area contributed by atoms with Crippen molar-refractivity contribution in [3.05, 3.63) is 31.5 Å². The molecule has 3 heterocycles. The van der Waals surface area contributed by atoms with Gasteiger partial charge >= 0.3 is 13.5 Å². The normalized spacial score (nSPS) is 35.6. The first-order chi connectivity index (χ1) is 9.92. The summed E-state index contributed by atoms with van der Waals surface area (Å²) in [5, 5.41) is 0. The Hall–Kier alpha value is -0.770. The molecule has 0 saturated carbocycles. The van der Waals surface area contributed by atoms with Crippen molar-refractivity contribution in [3.63, 3.8) is 0 Å². The van der Waals surface area contributed by atoms with Crippen molar-refractivity contribution in [2.24, 2.45) is 0 Å². The fraction of sp³-hybridized carbons (Fsp3) is 0.600. The Balaban J connectivity index is 1.85. The maximum absolute atomic E-state index is 11.9. The van der Waals surface area contributed by atoms with E-state index >= 15 is 0 Å². The second kappa shape index (κ2) is 5.45. The number of ether oxygens (including phenoxy) is 1. The molecule has 0 aliphatic carbocycles. The van der Waals surface area contributed by atoms with Gasteiger partial charge in [-0.05, 0) is 15.9 Å². The highest BCUT2D eigenvalue weighted by Gasteiger charge is 2.47. The summed E-state index contributed by atoms with van der Waals surface area (Å²) >= 11 is 3.05. The van der Waals surface area contributed by atoms with Gasteiger partial charge in [0.15, 0.2) is 0 Å². The highest BCUT2D eigenvalue weighted by molar-refractivity contribution is 9.10. The molecule has 1 aromatic heterocycles. The second-order valence-corrected chi connectivity index (χ2v) is 7.16. The van der Waals surface area contributed by atoms with Crippen LogP contribution in [0, 0.1) is 0 Å². The van der Waals surface area contributed by atoms with E-state index in [2.05, 4.69) is 20.9 Å². The zero-order chi connectivity index (χ0) is 15.2. The van der Waals surface area contributed by atoms with Gasteiger partial charge in [-0.15, -0.1) is 0 Å². The number of H-pyrrole nitrogens is 1. The van der Waals surface area contributed by atoms with E-state index in [1.165, 1.54) is 17.9 Å². The molecular formula is C10H12BrN2O7P. The molecule has 0 amide bonds. The van der Waals surface area contributed by atoms with E-state index in [1.807, 2.05) is 0 Å². The summed E-state index contributed by atoms with van der Waals surface area (Å²) in [6.07, 6.45) is 0.0318. The fourth-order valence-electron chi connectivity index (χ4n) is 2.26. The van der Waals surface area contributed by atoms with Gasteiger partial charge < -0.3 is 4.74 Å². The lowest BCUT2D eigenvalue weighted by atomic mass is 10.2. The Labute approximate surface area is 126 Å². The quantitative estimate of drug-likeness (QED) is 0.751. The van der Waals surface area contributed by atoms with Crippen molar-refractivity contribution >= 4 is 23.8 Å². The third-order valence-electron chi connectivity index (χ3n) is 3.30. The molecule has 3 rings (SSSR count). The zero-order valence-electron chi connectivity index (χ0n) is 10.9. The Morgan fingerprint density at radius 2 is 2.24 bits per heavy atom. The maximum atomic E-state index is 11.9. The van der Waals surface area contributed by atoms with E-state index in [0.717, 1.165) is 0 Å². The number of nitrogens with one attached hydrogen (secondary N) is 1. The lowest BCUT2D eigenvalue weighted by molar-refractivity contribution is -0.0701.